The van der Waals surface area contributed by atoms with Gasteiger partial charge in [0.2, 0.25) is 0 Å². The van der Waals surface area contributed by atoms with Crippen molar-refractivity contribution in [3.63, 3.8) is 0 Å². The second-order valence-corrected chi connectivity index (χ2v) is 5.61. The van der Waals surface area contributed by atoms with Gasteiger partial charge in [-0.25, -0.2) is 9.78 Å². The normalized spacial score (nSPS) is 17.8. The predicted octanol–water partition coefficient (Wildman–Crippen LogP) is 3.14. The maximum Gasteiger partial charge on any atom is 0.356 e. The fourth-order valence-electron chi connectivity index (χ4n) is 2.92. The van der Waals surface area contributed by atoms with Crippen LogP contribution in [0.1, 0.15) is 35.1 Å². The van der Waals surface area contributed by atoms with Crippen LogP contribution in [0.4, 0.5) is 0 Å². The number of carboxylic acids is 1. The van der Waals surface area contributed by atoms with Crippen LogP contribution in [0.15, 0.2) is 24.3 Å². The molecule has 1 aromatic heterocycles. The third-order valence-corrected chi connectivity index (χ3v) is 4.03. The zero-order chi connectivity index (χ0) is 14.3. The lowest BCUT2D eigenvalue weighted by Crippen LogP contribution is -2.19. The van der Waals surface area contributed by atoms with E-state index in [0.29, 0.717) is 5.92 Å². The van der Waals surface area contributed by atoms with Crippen LogP contribution in [0.5, 0.6) is 0 Å². The summed E-state index contributed by atoms with van der Waals surface area (Å²) in [6.07, 6.45) is 1.82. The molecule has 4 nitrogen and oxygen atoms in total. The van der Waals surface area contributed by atoms with Gasteiger partial charge < -0.3 is 9.67 Å². The highest BCUT2D eigenvalue weighted by atomic mass is 16.4. The van der Waals surface area contributed by atoms with Gasteiger partial charge in [0.15, 0.2) is 5.69 Å². The summed E-state index contributed by atoms with van der Waals surface area (Å²) in [4.78, 5) is 15.8. The molecule has 0 spiro atoms. The average Bonchev–Trinajstić information content (AvgIpc) is 2.78. The van der Waals surface area contributed by atoms with Crippen molar-refractivity contribution in [2.24, 2.45) is 5.92 Å². The number of carbonyl (C=O) groups is 1. The first kappa shape index (κ1) is 12.9. The molecule has 1 unspecified atom stereocenters. The van der Waals surface area contributed by atoms with Crippen LogP contribution >= 0.6 is 0 Å². The molecule has 1 atom stereocenters. The Labute approximate surface area is 118 Å². The molecule has 2 aromatic rings. The molecule has 1 aromatic carbocycles. The van der Waals surface area contributed by atoms with Crippen molar-refractivity contribution in [1.29, 1.82) is 0 Å². The van der Waals surface area contributed by atoms with E-state index in [1.165, 1.54) is 0 Å². The standard InChI is InChI=1S/C16H18N2O2/c1-10-7-8-13-14(16(19)20)17-15(18(13)9-10)12-6-4-3-5-11(12)2/h3-6,10H,7-9H2,1-2H3,(H,19,20). The number of aromatic nitrogens is 2. The molecular formula is C16H18N2O2. The number of rotatable bonds is 2. The predicted molar refractivity (Wildman–Crippen MR) is 76.8 cm³/mol. The highest BCUT2D eigenvalue weighted by Gasteiger charge is 2.27. The molecule has 20 heavy (non-hydrogen) atoms. The molecule has 4 heteroatoms. The van der Waals surface area contributed by atoms with E-state index in [1.54, 1.807) is 0 Å². The van der Waals surface area contributed by atoms with Crippen molar-refractivity contribution in [1.82, 2.24) is 9.55 Å². The zero-order valence-electron chi connectivity index (χ0n) is 11.8. The summed E-state index contributed by atoms with van der Waals surface area (Å²) in [6, 6.07) is 8.00. The number of fused-ring (bicyclic) bond motifs is 1. The molecule has 0 amide bonds. The molecule has 0 radical (unpaired) electrons. The number of hydrogen-bond acceptors (Lipinski definition) is 2. The van der Waals surface area contributed by atoms with Crippen LogP contribution in [-0.4, -0.2) is 20.6 Å². The van der Waals surface area contributed by atoms with Gasteiger partial charge in [0, 0.05) is 12.1 Å². The highest BCUT2D eigenvalue weighted by Crippen LogP contribution is 2.31. The first-order chi connectivity index (χ1) is 9.58. The van der Waals surface area contributed by atoms with Crippen molar-refractivity contribution in [2.75, 3.05) is 0 Å². The molecule has 1 aliphatic heterocycles. The number of imidazole rings is 1. The molecule has 1 aliphatic rings. The Morgan fingerprint density at radius 3 is 2.85 bits per heavy atom. The molecule has 3 rings (SSSR count). The van der Waals surface area contributed by atoms with Gasteiger partial charge in [0.1, 0.15) is 5.82 Å². The third-order valence-electron chi connectivity index (χ3n) is 4.03. The van der Waals surface area contributed by atoms with Gasteiger partial charge in [0.25, 0.3) is 0 Å². The van der Waals surface area contributed by atoms with E-state index in [-0.39, 0.29) is 5.69 Å². The van der Waals surface area contributed by atoms with Gasteiger partial charge >= 0.3 is 5.97 Å². The lowest BCUT2D eigenvalue weighted by Gasteiger charge is -2.23. The number of aromatic carboxylic acids is 1. The number of benzene rings is 1. The number of hydrogen-bond donors (Lipinski definition) is 1. The van der Waals surface area contributed by atoms with Gasteiger partial charge in [-0.1, -0.05) is 31.2 Å². The minimum absolute atomic E-state index is 0.218. The van der Waals surface area contributed by atoms with Crippen molar-refractivity contribution < 1.29 is 9.90 Å². The summed E-state index contributed by atoms with van der Waals surface area (Å²) in [5.74, 6) is 0.423. The van der Waals surface area contributed by atoms with Crippen LogP contribution in [0, 0.1) is 12.8 Å². The summed E-state index contributed by atoms with van der Waals surface area (Å²) in [5.41, 5.74) is 3.23. The maximum absolute atomic E-state index is 11.4. The SMILES string of the molecule is Cc1ccccc1-c1nc(C(=O)O)c2n1CC(C)CC2. The van der Waals surface area contributed by atoms with Gasteiger partial charge in [0.05, 0.1) is 5.69 Å². The van der Waals surface area contributed by atoms with Gasteiger partial charge in [-0.2, -0.15) is 0 Å². The summed E-state index contributed by atoms with van der Waals surface area (Å²) >= 11 is 0. The third kappa shape index (κ3) is 2.01. The van der Waals surface area contributed by atoms with Gasteiger partial charge in [-0.05, 0) is 31.2 Å². The van der Waals surface area contributed by atoms with Crippen LogP contribution in [-0.2, 0) is 13.0 Å². The molecule has 104 valence electrons. The van der Waals surface area contributed by atoms with E-state index in [4.69, 9.17) is 0 Å². The fourth-order valence-corrected chi connectivity index (χ4v) is 2.92. The largest absolute Gasteiger partial charge is 0.476 e. The number of nitrogens with zero attached hydrogens (tertiary/aromatic N) is 2. The van der Waals surface area contributed by atoms with Crippen LogP contribution in [0.3, 0.4) is 0 Å². The van der Waals surface area contributed by atoms with E-state index in [2.05, 4.69) is 16.5 Å². The van der Waals surface area contributed by atoms with Gasteiger partial charge in [-0.15, -0.1) is 0 Å². The zero-order valence-corrected chi connectivity index (χ0v) is 11.8. The van der Waals surface area contributed by atoms with Gasteiger partial charge in [-0.3, -0.25) is 0 Å². The quantitative estimate of drug-likeness (QED) is 0.912. The Hall–Kier alpha value is -2.10. The Balaban J connectivity index is 2.21. The molecule has 1 N–H and O–H groups in total. The minimum atomic E-state index is -0.928. The lowest BCUT2D eigenvalue weighted by molar-refractivity contribution is 0.0689. The summed E-state index contributed by atoms with van der Waals surface area (Å²) in [5, 5.41) is 9.36. The monoisotopic (exact) mass is 270 g/mol. The molecule has 0 saturated carbocycles. The molecule has 0 bridgehead atoms. The van der Waals surface area contributed by atoms with Crippen molar-refractivity contribution in [3.8, 4) is 11.4 Å². The van der Waals surface area contributed by atoms with Crippen molar-refractivity contribution in [3.05, 3.63) is 41.2 Å². The molecule has 2 heterocycles. The lowest BCUT2D eigenvalue weighted by atomic mass is 9.98. The Morgan fingerprint density at radius 2 is 2.15 bits per heavy atom. The van der Waals surface area contributed by atoms with E-state index in [1.807, 2.05) is 31.2 Å². The second-order valence-electron chi connectivity index (χ2n) is 5.61. The molecular weight excluding hydrogens is 252 g/mol. The van der Waals surface area contributed by atoms with Crippen molar-refractivity contribution in [2.45, 2.75) is 33.2 Å². The first-order valence-electron chi connectivity index (χ1n) is 6.96. The van der Waals surface area contributed by atoms with E-state index >= 15 is 0 Å². The van der Waals surface area contributed by atoms with E-state index < -0.39 is 5.97 Å². The fraction of sp³-hybridized carbons (Fsp3) is 0.375. The van der Waals surface area contributed by atoms with Crippen LogP contribution < -0.4 is 0 Å². The Bertz CT molecular complexity index is 673. The number of aryl methyl sites for hydroxylation is 1. The maximum atomic E-state index is 11.4. The van der Waals surface area contributed by atoms with Crippen LogP contribution in [0.25, 0.3) is 11.4 Å². The van der Waals surface area contributed by atoms with Crippen LogP contribution in [0.2, 0.25) is 0 Å². The highest BCUT2D eigenvalue weighted by molar-refractivity contribution is 5.88. The number of carboxylic acid groups (broad SMARTS) is 1. The van der Waals surface area contributed by atoms with Crippen molar-refractivity contribution >= 4 is 5.97 Å². The second kappa shape index (κ2) is 4.78. The Kier molecular flexibility index (Phi) is 3.08. The van der Waals surface area contributed by atoms with E-state index in [9.17, 15) is 9.90 Å². The smallest absolute Gasteiger partial charge is 0.356 e. The molecule has 0 saturated heterocycles. The molecule has 0 fully saturated rings. The first-order valence-corrected chi connectivity index (χ1v) is 6.96. The molecule has 0 aliphatic carbocycles. The minimum Gasteiger partial charge on any atom is -0.476 e. The topological polar surface area (TPSA) is 55.1 Å². The van der Waals surface area contributed by atoms with E-state index in [0.717, 1.165) is 42.0 Å². The average molecular weight is 270 g/mol. The summed E-state index contributed by atoms with van der Waals surface area (Å²) < 4.78 is 2.10. The summed E-state index contributed by atoms with van der Waals surface area (Å²) in [6.45, 7) is 5.08. The summed E-state index contributed by atoms with van der Waals surface area (Å²) in [7, 11) is 0. The Morgan fingerprint density at radius 1 is 1.40 bits per heavy atom.